The highest BCUT2D eigenvalue weighted by Crippen LogP contribution is 2.25. The molecule has 2 aromatic rings. The maximum atomic E-state index is 6.17. The molecule has 1 N–H and O–H groups in total. The molecular weight excluding hydrogens is 341 g/mol. The molecule has 0 amide bonds. The van der Waals surface area contributed by atoms with Crippen molar-refractivity contribution in [3.8, 4) is 5.75 Å². The van der Waals surface area contributed by atoms with E-state index < -0.39 is 0 Å². The molecule has 0 aliphatic heterocycles. The summed E-state index contributed by atoms with van der Waals surface area (Å²) in [5.41, 5.74) is 2.21. The van der Waals surface area contributed by atoms with E-state index in [1.54, 1.807) is 0 Å². The molecule has 128 valence electrons. The standard InChI is InChI=1S/C20H23Cl2NO/c21-17-8-6-15(7-9-17)14-24-20-11-10-18(22)12-16(20)13-23-19-4-2-1-3-5-19/h6-12,19,23H,1-5,13-14H2. The van der Waals surface area contributed by atoms with Gasteiger partial charge in [-0.3, -0.25) is 0 Å². The van der Waals surface area contributed by atoms with E-state index in [1.807, 2.05) is 42.5 Å². The number of hydrogen-bond acceptors (Lipinski definition) is 2. The van der Waals surface area contributed by atoms with Crippen LogP contribution in [0.1, 0.15) is 43.2 Å². The normalized spacial score (nSPS) is 15.4. The third kappa shape index (κ3) is 5.14. The summed E-state index contributed by atoms with van der Waals surface area (Å²) in [6.07, 6.45) is 6.55. The molecule has 0 atom stereocenters. The Morgan fingerprint density at radius 1 is 0.917 bits per heavy atom. The van der Waals surface area contributed by atoms with Crippen molar-refractivity contribution in [2.24, 2.45) is 0 Å². The predicted molar refractivity (Wildman–Crippen MR) is 101 cm³/mol. The van der Waals surface area contributed by atoms with E-state index >= 15 is 0 Å². The van der Waals surface area contributed by atoms with Crippen molar-refractivity contribution in [2.45, 2.75) is 51.3 Å². The molecule has 0 aromatic heterocycles. The van der Waals surface area contributed by atoms with E-state index in [2.05, 4.69) is 5.32 Å². The fourth-order valence-corrected chi connectivity index (χ4v) is 3.45. The minimum absolute atomic E-state index is 0.523. The summed E-state index contributed by atoms with van der Waals surface area (Å²) in [5, 5.41) is 5.14. The van der Waals surface area contributed by atoms with Gasteiger partial charge in [0.25, 0.3) is 0 Å². The van der Waals surface area contributed by atoms with Gasteiger partial charge >= 0.3 is 0 Å². The quantitative estimate of drug-likeness (QED) is 0.679. The largest absolute Gasteiger partial charge is 0.489 e. The second-order valence-electron chi connectivity index (χ2n) is 6.38. The second-order valence-corrected chi connectivity index (χ2v) is 7.26. The summed E-state index contributed by atoms with van der Waals surface area (Å²) in [4.78, 5) is 0. The first-order valence-electron chi connectivity index (χ1n) is 8.60. The van der Waals surface area contributed by atoms with Crippen molar-refractivity contribution in [2.75, 3.05) is 0 Å². The Balaban J connectivity index is 1.62. The summed E-state index contributed by atoms with van der Waals surface area (Å²) in [6, 6.07) is 14.2. The van der Waals surface area contributed by atoms with Gasteiger partial charge in [-0.25, -0.2) is 0 Å². The predicted octanol–water partition coefficient (Wildman–Crippen LogP) is 5.99. The Labute approximate surface area is 154 Å². The lowest BCUT2D eigenvalue weighted by atomic mass is 9.95. The molecule has 3 rings (SSSR count). The highest BCUT2D eigenvalue weighted by atomic mass is 35.5. The van der Waals surface area contributed by atoms with Gasteiger partial charge in [-0.2, -0.15) is 0 Å². The summed E-state index contributed by atoms with van der Waals surface area (Å²) < 4.78 is 6.02. The number of nitrogens with one attached hydrogen (secondary N) is 1. The van der Waals surface area contributed by atoms with Crippen LogP contribution in [0.25, 0.3) is 0 Å². The Kier molecular flexibility index (Phi) is 6.42. The lowest BCUT2D eigenvalue weighted by molar-refractivity contribution is 0.300. The molecule has 1 fully saturated rings. The molecule has 2 aromatic carbocycles. The molecule has 0 radical (unpaired) electrons. The third-order valence-electron chi connectivity index (χ3n) is 4.52. The molecule has 0 unspecified atom stereocenters. The van der Waals surface area contributed by atoms with E-state index in [1.165, 1.54) is 32.1 Å². The van der Waals surface area contributed by atoms with Crippen LogP contribution >= 0.6 is 23.2 Å². The highest BCUT2D eigenvalue weighted by molar-refractivity contribution is 6.30. The molecular formula is C20H23Cl2NO. The first-order valence-corrected chi connectivity index (χ1v) is 9.35. The zero-order valence-electron chi connectivity index (χ0n) is 13.7. The minimum atomic E-state index is 0.523. The van der Waals surface area contributed by atoms with Gasteiger partial charge in [-0.05, 0) is 48.7 Å². The van der Waals surface area contributed by atoms with Crippen molar-refractivity contribution >= 4 is 23.2 Å². The average Bonchev–Trinajstić information content (AvgIpc) is 2.61. The number of rotatable bonds is 6. The van der Waals surface area contributed by atoms with Crippen LogP contribution in [0.15, 0.2) is 42.5 Å². The fourth-order valence-electron chi connectivity index (χ4n) is 3.13. The van der Waals surface area contributed by atoms with Crippen LogP contribution in [0.5, 0.6) is 5.75 Å². The minimum Gasteiger partial charge on any atom is -0.489 e. The Morgan fingerprint density at radius 2 is 1.62 bits per heavy atom. The first kappa shape index (κ1) is 17.6. The monoisotopic (exact) mass is 363 g/mol. The lowest BCUT2D eigenvalue weighted by Gasteiger charge is -2.23. The zero-order chi connectivity index (χ0) is 16.8. The van der Waals surface area contributed by atoms with E-state index in [0.29, 0.717) is 12.6 Å². The fraction of sp³-hybridized carbons (Fsp3) is 0.400. The van der Waals surface area contributed by atoms with E-state index in [0.717, 1.165) is 33.5 Å². The van der Waals surface area contributed by atoms with Crippen molar-refractivity contribution in [1.82, 2.24) is 5.32 Å². The SMILES string of the molecule is Clc1ccc(COc2ccc(Cl)cc2CNC2CCCCC2)cc1. The molecule has 1 aliphatic carbocycles. The van der Waals surface area contributed by atoms with Crippen LogP contribution in [0, 0.1) is 0 Å². The van der Waals surface area contributed by atoms with Crippen molar-refractivity contribution in [1.29, 1.82) is 0 Å². The number of halogens is 2. The van der Waals surface area contributed by atoms with E-state index in [9.17, 15) is 0 Å². The van der Waals surface area contributed by atoms with Gasteiger partial charge in [0, 0.05) is 28.2 Å². The Hall–Kier alpha value is -1.22. The van der Waals surface area contributed by atoms with Gasteiger partial charge in [-0.1, -0.05) is 54.6 Å². The lowest BCUT2D eigenvalue weighted by Crippen LogP contribution is -2.30. The molecule has 4 heteroatoms. The Bertz CT molecular complexity index is 651. The topological polar surface area (TPSA) is 21.3 Å². The second kappa shape index (κ2) is 8.75. The summed E-state index contributed by atoms with van der Waals surface area (Å²) >= 11 is 12.1. The van der Waals surface area contributed by atoms with Crippen LogP contribution in [0.3, 0.4) is 0 Å². The van der Waals surface area contributed by atoms with Crippen LogP contribution < -0.4 is 10.1 Å². The van der Waals surface area contributed by atoms with Gasteiger partial charge in [0.15, 0.2) is 0 Å². The van der Waals surface area contributed by atoms with Gasteiger partial charge < -0.3 is 10.1 Å². The number of ether oxygens (including phenoxy) is 1. The summed E-state index contributed by atoms with van der Waals surface area (Å²) in [7, 11) is 0. The van der Waals surface area contributed by atoms with Crippen LogP contribution in [-0.2, 0) is 13.2 Å². The molecule has 24 heavy (non-hydrogen) atoms. The van der Waals surface area contributed by atoms with Crippen molar-refractivity contribution < 1.29 is 4.74 Å². The van der Waals surface area contributed by atoms with Gasteiger partial charge in [0.2, 0.25) is 0 Å². The van der Waals surface area contributed by atoms with Crippen LogP contribution in [-0.4, -0.2) is 6.04 Å². The van der Waals surface area contributed by atoms with E-state index in [-0.39, 0.29) is 0 Å². The molecule has 0 spiro atoms. The van der Waals surface area contributed by atoms with Gasteiger partial charge in [-0.15, -0.1) is 0 Å². The summed E-state index contributed by atoms with van der Waals surface area (Å²) in [6.45, 7) is 1.32. The molecule has 0 heterocycles. The molecule has 1 aliphatic rings. The van der Waals surface area contributed by atoms with Crippen molar-refractivity contribution in [3.63, 3.8) is 0 Å². The third-order valence-corrected chi connectivity index (χ3v) is 5.00. The number of benzene rings is 2. The van der Waals surface area contributed by atoms with Gasteiger partial charge in [0.1, 0.15) is 12.4 Å². The van der Waals surface area contributed by atoms with Crippen LogP contribution in [0.2, 0.25) is 10.0 Å². The van der Waals surface area contributed by atoms with E-state index in [4.69, 9.17) is 27.9 Å². The average molecular weight is 364 g/mol. The first-order chi connectivity index (χ1) is 11.7. The number of hydrogen-bond donors (Lipinski definition) is 1. The molecule has 0 bridgehead atoms. The van der Waals surface area contributed by atoms with Crippen LogP contribution in [0.4, 0.5) is 0 Å². The maximum absolute atomic E-state index is 6.17. The summed E-state index contributed by atoms with van der Waals surface area (Å²) in [5.74, 6) is 0.887. The molecule has 1 saturated carbocycles. The van der Waals surface area contributed by atoms with Crippen molar-refractivity contribution in [3.05, 3.63) is 63.6 Å². The smallest absolute Gasteiger partial charge is 0.124 e. The Morgan fingerprint density at radius 3 is 2.38 bits per heavy atom. The maximum Gasteiger partial charge on any atom is 0.124 e. The zero-order valence-corrected chi connectivity index (χ0v) is 15.2. The van der Waals surface area contributed by atoms with Gasteiger partial charge in [0.05, 0.1) is 0 Å². The molecule has 2 nitrogen and oxygen atoms in total. The highest BCUT2D eigenvalue weighted by Gasteiger charge is 2.14. The molecule has 0 saturated heterocycles.